The van der Waals surface area contributed by atoms with Crippen LogP contribution in [0.4, 0.5) is 0 Å². The van der Waals surface area contributed by atoms with Gasteiger partial charge in [0.15, 0.2) is 0 Å². The highest BCUT2D eigenvalue weighted by Crippen LogP contribution is 2.12. The lowest BCUT2D eigenvalue weighted by Crippen LogP contribution is -2.24. The number of rotatable bonds is 6. The van der Waals surface area contributed by atoms with Gasteiger partial charge in [0, 0.05) is 12.4 Å². The van der Waals surface area contributed by atoms with E-state index >= 15 is 0 Å². The van der Waals surface area contributed by atoms with Crippen LogP contribution in [-0.4, -0.2) is 12.6 Å². The fourth-order valence-electron chi connectivity index (χ4n) is 1.20. The Labute approximate surface area is 89.7 Å². The van der Waals surface area contributed by atoms with E-state index in [1.807, 2.05) is 0 Å². The van der Waals surface area contributed by atoms with Crippen LogP contribution in [0.3, 0.4) is 0 Å². The molecule has 0 aliphatic carbocycles. The van der Waals surface area contributed by atoms with Crippen molar-refractivity contribution in [1.29, 1.82) is 0 Å². The molecule has 0 radical (unpaired) electrons. The number of carboxylic acids is 1. The monoisotopic (exact) mass is 207 g/mol. The number of unbranched alkanes of at least 4 members (excludes halogenated alkanes) is 1. The zero-order valence-corrected chi connectivity index (χ0v) is 8.86. The van der Waals surface area contributed by atoms with Gasteiger partial charge in [-0.2, -0.15) is 0 Å². The Morgan fingerprint density at radius 3 is 2.53 bits per heavy atom. The summed E-state index contributed by atoms with van der Waals surface area (Å²) in [5.74, 6) is -0.278. The van der Waals surface area contributed by atoms with Gasteiger partial charge in [-0.25, -0.2) is 0 Å². The summed E-state index contributed by atoms with van der Waals surface area (Å²) in [5, 5.41) is 10.3. The summed E-state index contributed by atoms with van der Waals surface area (Å²) in [4.78, 5) is 10.3. The van der Waals surface area contributed by atoms with Crippen molar-refractivity contribution in [3.63, 3.8) is 0 Å². The Morgan fingerprint density at radius 2 is 2.00 bits per heavy atom. The van der Waals surface area contributed by atoms with E-state index in [0.29, 0.717) is 6.61 Å². The van der Waals surface area contributed by atoms with Gasteiger partial charge in [-0.05, 0) is 24.1 Å². The molecule has 0 unspecified atom stereocenters. The van der Waals surface area contributed by atoms with Crippen LogP contribution in [0.2, 0.25) is 0 Å². The minimum atomic E-state index is -1.06. The van der Waals surface area contributed by atoms with Gasteiger partial charge in [-0.3, -0.25) is 0 Å². The highest BCUT2D eigenvalue weighted by atomic mass is 16.5. The number of benzene rings is 1. The summed E-state index contributed by atoms with van der Waals surface area (Å²) in [6, 6.07) is 7.07. The second kappa shape index (κ2) is 6.06. The van der Waals surface area contributed by atoms with Gasteiger partial charge in [-0.15, -0.1) is 0 Å². The molecule has 1 rings (SSSR count). The maximum absolute atomic E-state index is 10.3. The van der Waals surface area contributed by atoms with Crippen molar-refractivity contribution in [2.75, 3.05) is 6.61 Å². The maximum atomic E-state index is 10.3. The number of hydrogen-bond acceptors (Lipinski definition) is 3. The third-order valence-electron chi connectivity index (χ3n) is 2.04. The highest BCUT2D eigenvalue weighted by Gasteiger charge is 1.95. The van der Waals surface area contributed by atoms with E-state index < -0.39 is 5.97 Å². The Morgan fingerprint density at radius 1 is 1.33 bits per heavy atom. The second-order valence-corrected chi connectivity index (χ2v) is 3.39. The summed E-state index contributed by atoms with van der Waals surface area (Å²) < 4.78 is 5.44. The first-order valence-electron chi connectivity index (χ1n) is 5.14. The first-order valence-corrected chi connectivity index (χ1v) is 5.14. The van der Waals surface area contributed by atoms with Gasteiger partial charge < -0.3 is 14.6 Å². The van der Waals surface area contributed by atoms with Gasteiger partial charge >= 0.3 is 0 Å². The van der Waals surface area contributed by atoms with Crippen LogP contribution < -0.4 is 9.84 Å². The van der Waals surface area contributed by atoms with Crippen molar-refractivity contribution in [2.45, 2.75) is 26.2 Å². The third kappa shape index (κ3) is 4.49. The van der Waals surface area contributed by atoms with Crippen LogP contribution in [0.25, 0.3) is 0 Å². The first kappa shape index (κ1) is 11.6. The van der Waals surface area contributed by atoms with Gasteiger partial charge in [0.05, 0.1) is 6.61 Å². The fourth-order valence-corrected chi connectivity index (χ4v) is 1.20. The molecule has 0 atom stereocenters. The van der Waals surface area contributed by atoms with Crippen LogP contribution in [0, 0.1) is 0 Å². The molecule has 0 saturated heterocycles. The van der Waals surface area contributed by atoms with Gasteiger partial charge in [0.25, 0.3) is 0 Å². The molecule has 0 aliphatic rings. The molecule has 3 heteroatoms. The Kier molecular flexibility index (Phi) is 4.68. The lowest BCUT2D eigenvalue weighted by Gasteiger charge is -2.06. The van der Waals surface area contributed by atoms with E-state index in [2.05, 4.69) is 6.92 Å². The Hall–Kier alpha value is -1.51. The zero-order valence-electron chi connectivity index (χ0n) is 8.86. The minimum Gasteiger partial charge on any atom is -0.550 e. The van der Waals surface area contributed by atoms with Crippen molar-refractivity contribution in [3.05, 3.63) is 29.8 Å². The summed E-state index contributed by atoms with van der Waals surface area (Å²) in [5.41, 5.74) is 0.734. The average molecular weight is 207 g/mol. The van der Waals surface area contributed by atoms with Crippen LogP contribution in [-0.2, 0) is 11.2 Å². The number of carbonyl (C=O) groups excluding carboxylic acids is 1. The quantitative estimate of drug-likeness (QED) is 0.658. The van der Waals surface area contributed by atoms with Crippen LogP contribution in [0.5, 0.6) is 5.75 Å². The van der Waals surface area contributed by atoms with Crippen LogP contribution in [0.1, 0.15) is 25.3 Å². The molecule has 0 N–H and O–H groups in total. The number of hydrogen-bond donors (Lipinski definition) is 0. The molecule has 0 aliphatic heterocycles. The third-order valence-corrected chi connectivity index (χ3v) is 2.04. The molecule has 0 amide bonds. The molecule has 0 spiro atoms. The van der Waals surface area contributed by atoms with Crippen molar-refractivity contribution in [1.82, 2.24) is 0 Å². The molecular formula is C12H15O3-. The standard InChI is InChI=1S/C12H16O3/c1-2-3-8-15-11-6-4-10(5-7-11)9-12(13)14/h4-7H,2-3,8-9H2,1H3,(H,13,14)/p-1. The van der Waals surface area contributed by atoms with E-state index in [1.54, 1.807) is 24.3 Å². The SMILES string of the molecule is CCCCOc1ccc(CC(=O)[O-])cc1. The Bertz CT molecular complexity index is 303. The van der Waals surface area contributed by atoms with Crippen LogP contribution >= 0.6 is 0 Å². The molecule has 82 valence electrons. The molecule has 0 heterocycles. The smallest absolute Gasteiger partial charge is 0.119 e. The predicted molar refractivity (Wildman–Crippen MR) is 55.6 cm³/mol. The Balaban J connectivity index is 2.45. The van der Waals surface area contributed by atoms with E-state index in [0.717, 1.165) is 24.2 Å². The van der Waals surface area contributed by atoms with Crippen molar-refractivity contribution >= 4 is 5.97 Å². The zero-order chi connectivity index (χ0) is 11.1. The molecular weight excluding hydrogens is 192 g/mol. The van der Waals surface area contributed by atoms with E-state index in [9.17, 15) is 9.90 Å². The normalized spacial score (nSPS) is 9.93. The average Bonchev–Trinajstić information content (AvgIpc) is 2.20. The number of ether oxygens (including phenoxy) is 1. The van der Waals surface area contributed by atoms with Crippen LogP contribution in [0.15, 0.2) is 24.3 Å². The molecule has 0 saturated carbocycles. The lowest BCUT2D eigenvalue weighted by molar-refractivity contribution is -0.304. The molecule has 1 aromatic rings. The lowest BCUT2D eigenvalue weighted by atomic mass is 10.1. The largest absolute Gasteiger partial charge is 0.550 e. The summed E-state index contributed by atoms with van der Waals surface area (Å²) in [6.07, 6.45) is 2.08. The first-order chi connectivity index (χ1) is 7.22. The van der Waals surface area contributed by atoms with E-state index in [1.165, 1.54) is 0 Å². The maximum Gasteiger partial charge on any atom is 0.119 e. The van der Waals surface area contributed by atoms with Gasteiger partial charge in [0.2, 0.25) is 0 Å². The van der Waals surface area contributed by atoms with E-state index in [4.69, 9.17) is 4.74 Å². The van der Waals surface area contributed by atoms with Crippen molar-refractivity contribution in [3.8, 4) is 5.75 Å². The number of carboxylic acid groups (broad SMARTS) is 1. The second-order valence-electron chi connectivity index (χ2n) is 3.39. The van der Waals surface area contributed by atoms with Gasteiger partial charge in [0.1, 0.15) is 5.75 Å². The molecule has 0 fully saturated rings. The van der Waals surface area contributed by atoms with Crippen molar-refractivity contribution in [2.24, 2.45) is 0 Å². The number of aliphatic carboxylic acids is 1. The summed E-state index contributed by atoms with van der Waals surface area (Å²) in [6.45, 7) is 2.81. The topological polar surface area (TPSA) is 49.4 Å². The van der Waals surface area contributed by atoms with Crippen molar-refractivity contribution < 1.29 is 14.6 Å². The number of carbonyl (C=O) groups is 1. The molecule has 0 bridgehead atoms. The molecule has 0 aromatic heterocycles. The molecule has 1 aromatic carbocycles. The fraction of sp³-hybridized carbons (Fsp3) is 0.417. The van der Waals surface area contributed by atoms with Gasteiger partial charge in [-0.1, -0.05) is 25.5 Å². The summed E-state index contributed by atoms with van der Waals surface area (Å²) >= 11 is 0. The van der Waals surface area contributed by atoms with E-state index in [-0.39, 0.29) is 6.42 Å². The molecule has 3 nitrogen and oxygen atoms in total. The molecule has 15 heavy (non-hydrogen) atoms. The minimum absolute atomic E-state index is 0.0464. The summed E-state index contributed by atoms with van der Waals surface area (Å²) in [7, 11) is 0. The highest BCUT2D eigenvalue weighted by molar-refractivity contribution is 5.67. The predicted octanol–water partition coefficient (Wildman–Crippen LogP) is 1.16.